The number of aromatic nitrogens is 1. The molecule has 3 aromatic rings. The predicted molar refractivity (Wildman–Crippen MR) is 122 cm³/mol. The maximum atomic E-state index is 13.3. The van der Waals surface area contributed by atoms with Gasteiger partial charge in [0.1, 0.15) is 0 Å². The summed E-state index contributed by atoms with van der Waals surface area (Å²) in [6.07, 6.45) is 2.26. The van der Waals surface area contributed by atoms with Gasteiger partial charge in [-0.25, -0.2) is 0 Å². The van der Waals surface area contributed by atoms with Crippen LogP contribution in [-0.2, 0) is 5.54 Å². The van der Waals surface area contributed by atoms with E-state index in [1.54, 1.807) is 6.07 Å². The Bertz CT molecular complexity index is 1170. The maximum Gasteiger partial charge on any atom is 0.257 e. The van der Waals surface area contributed by atoms with E-state index in [-0.39, 0.29) is 11.5 Å². The van der Waals surface area contributed by atoms with Crippen LogP contribution in [0, 0.1) is 6.92 Å². The van der Waals surface area contributed by atoms with Crippen molar-refractivity contribution < 1.29 is 4.79 Å². The van der Waals surface area contributed by atoms with E-state index >= 15 is 0 Å². The highest BCUT2D eigenvalue weighted by molar-refractivity contribution is 6.09. The lowest BCUT2D eigenvalue weighted by molar-refractivity contribution is 0.102. The summed E-state index contributed by atoms with van der Waals surface area (Å²) in [5.41, 5.74) is 10.4. The average Bonchev–Trinajstić information content (AvgIpc) is 3.22. The van der Waals surface area contributed by atoms with Crippen LogP contribution in [-0.4, -0.2) is 24.0 Å². The van der Waals surface area contributed by atoms with E-state index in [1.807, 2.05) is 57.2 Å². The Morgan fingerprint density at radius 1 is 1.10 bits per heavy atom. The highest BCUT2D eigenvalue weighted by Gasteiger charge is 2.23. The van der Waals surface area contributed by atoms with Gasteiger partial charge < -0.3 is 20.9 Å². The molecule has 0 saturated carbocycles. The summed E-state index contributed by atoms with van der Waals surface area (Å²) in [4.78, 5) is 30.1. The quantitative estimate of drug-likeness (QED) is 0.615. The first-order valence-corrected chi connectivity index (χ1v) is 10.4. The average molecular weight is 405 g/mol. The number of aryl methyl sites for hydroxylation is 1. The van der Waals surface area contributed by atoms with Gasteiger partial charge in [-0.3, -0.25) is 9.59 Å². The number of anilines is 2. The molecule has 1 fully saturated rings. The van der Waals surface area contributed by atoms with Gasteiger partial charge in [0.2, 0.25) is 5.56 Å². The Hall–Kier alpha value is -3.12. The van der Waals surface area contributed by atoms with Crippen LogP contribution in [0.4, 0.5) is 11.4 Å². The first kappa shape index (κ1) is 20.2. The summed E-state index contributed by atoms with van der Waals surface area (Å²) < 4.78 is 0. The molecule has 6 heteroatoms. The molecule has 4 rings (SSSR count). The number of nitrogens with two attached hydrogens (primary N) is 1. The second-order valence-electron chi connectivity index (χ2n) is 8.68. The zero-order chi connectivity index (χ0) is 21.5. The predicted octanol–water partition coefficient (Wildman–Crippen LogP) is 3.88. The number of benzene rings is 2. The number of nitrogens with zero attached hydrogens (tertiary/aromatic N) is 1. The van der Waals surface area contributed by atoms with E-state index in [0.29, 0.717) is 11.3 Å². The van der Waals surface area contributed by atoms with Gasteiger partial charge in [-0.2, -0.15) is 0 Å². The lowest BCUT2D eigenvalue weighted by atomic mass is 9.93. The standard InChI is InChI=1S/C24H28N4O2/c1-15-12-22(29)27-20-8-7-17(14-18(15)20)26-23(30)19-13-16(24(2,3)25)6-9-21(19)28-10-4-5-11-28/h6-9,12-14H,4-5,10-11,25H2,1-3H3,(H,26,30)(H,27,29). The van der Waals surface area contributed by atoms with Crippen LogP contribution in [0.2, 0.25) is 0 Å². The molecule has 4 N–H and O–H groups in total. The molecule has 0 bridgehead atoms. The Morgan fingerprint density at radius 3 is 2.53 bits per heavy atom. The van der Waals surface area contributed by atoms with E-state index in [2.05, 4.69) is 15.2 Å². The van der Waals surface area contributed by atoms with E-state index < -0.39 is 5.54 Å². The molecule has 1 amide bonds. The molecule has 1 aliphatic heterocycles. The second kappa shape index (κ2) is 7.61. The third-order valence-corrected chi connectivity index (χ3v) is 5.74. The molecule has 0 aliphatic carbocycles. The number of hydrogen-bond donors (Lipinski definition) is 3. The number of nitrogens with one attached hydrogen (secondary N) is 2. The summed E-state index contributed by atoms with van der Waals surface area (Å²) >= 11 is 0. The molecule has 156 valence electrons. The Labute approximate surface area is 176 Å². The van der Waals surface area contributed by atoms with E-state index in [4.69, 9.17) is 5.73 Å². The van der Waals surface area contributed by atoms with Crippen LogP contribution in [0.5, 0.6) is 0 Å². The lowest BCUT2D eigenvalue weighted by Gasteiger charge is -2.25. The molecule has 0 spiro atoms. The third kappa shape index (κ3) is 3.96. The molecule has 1 saturated heterocycles. The molecule has 30 heavy (non-hydrogen) atoms. The molecule has 0 radical (unpaired) electrons. The van der Waals surface area contributed by atoms with E-state index in [9.17, 15) is 9.59 Å². The minimum atomic E-state index is -0.537. The number of amides is 1. The van der Waals surface area contributed by atoms with Crippen molar-refractivity contribution in [1.82, 2.24) is 4.98 Å². The lowest BCUT2D eigenvalue weighted by Crippen LogP contribution is -2.30. The minimum absolute atomic E-state index is 0.131. The van der Waals surface area contributed by atoms with Crippen molar-refractivity contribution in [3.8, 4) is 0 Å². The SMILES string of the molecule is Cc1cc(=O)[nH]c2ccc(NC(=O)c3cc(C(C)(C)N)ccc3N3CCCC3)cc12. The van der Waals surface area contributed by atoms with Crippen LogP contribution in [0.3, 0.4) is 0 Å². The number of aromatic amines is 1. The van der Waals surface area contributed by atoms with Crippen molar-refractivity contribution in [2.75, 3.05) is 23.3 Å². The largest absolute Gasteiger partial charge is 0.371 e. The fourth-order valence-electron chi connectivity index (χ4n) is 4.05. The van der Waals surface area contributed by atoms with Crippen molar-refractivity contribution in [1.29, 1.82) is 0 Å². The van der Waals surface area contributed by atoms with Gasteiger partial charge in [0.25, 0.3) is 5.91 Å². The molecule has 0 unspecified atom stereocenters. The molecule has 0 atom stereocenters. The van der Waals surface area contributed by atoms with Gasteiger partial charge in [0.05, 0.1) is 5.56 Å². The summed E-state index contributed by atoms with van der Waals surface area (Å²) in [5, 5.41) is 3.94. The first-order chi connectivity index (χ1) is 14.2. The first-order valence-electron chi connectivity index (χ1n) is 10.4. The van der Waals surface area contributed by atoms with Gasteiger partial charge >= 0.3 is 0 Å². The van der Waals surface area contributed by atoms with Crippen molar-refractivity contribution in [2.45, 2.75) is 39.2 Å². The molecule has 2 heterocycles. The van der Waals surface area contributed by atoms with Crippen LogP contribution < -0.4 is 21.5 Å². The fourth-order valence-corrected chi connectivity index (χ4v) is 4.05. The van der Waals surface area contributed by atoms with Crippen LogP contribution in [0.25, 0.3) is 10.9 Å². The van der Waals surface area contributed by atoms with Gasteiger partial charge in [0.15, 0.2) is 0 Å². The maximum absolute atomic E-state index is 13.3. The number of carbonyl (C=O) groups excluding carboxylic acids is 1. The minimum Gasteiger partial charge on any atom is -0.371 e. The zero-order valence-electron chi connectivity index (χ0n) is 17.7. The topological polar surface area (TPSA) is 91.2 Å². The van der Waals surface area contributed by atoms with Crippen molar-refractivity contribution in [3.63, 3.8) is 0 Å². The van der Waals surface area contributed by atoms with Crippen LogP contribution in [0.15, 0.2) is 47.3 Å². The van der Waals surface area contributed by atoms with Crippen LogP contribution >= 0.6 is 0 Å². The van der Waals surface area contributed by atoms with E-state index in [1.165, 1.54) is 0 Å². The Balaban J connectivity index is 1.71. The number of hydrogen-bond acceptors (Lipinski definition) is 4. The summed E-state index contributed by atoms with van der Waals surface area (Å²) in [6.45, 7) is 7.67. The van der Waals surface area contributed by atoms with Gasteiger partial charge in [-0.1, -0.05) is 6.07 Å². The molecular weight excluding hydrogens is 376 g/mol. The van der Waals surface area contributed by atoms with E-state index in [0.717, 1.165) is 53.6 Å². The number of H-pyrrole nitrogens is 1. The van der Waals surface area contributed by atoms with Gasteiger partial charge in [-0.05, 0) is 75.1 Å². The molecular formula is C24H28N4O2. The number of fused-ring (bicyclic) bond motifs is 1. The van der Waals surface area contributed by atoms with Gasteiger partial charge in [0, 0.05) is 47.0 Å². The Morgan fingerprint density at radius 2 is 1.83 bits per heavy atom. The number of rotatable bonds is 4. The monoisotopic (exact) mass is 404 g/mol. The fraction of sp³-hybridized carbons (Fsp3) is 0.333. The molecule has 2 aromatic carbocycles. The number of carbonyl (C=O) groups is 1. The molecule has 6 nitrogen and oxygen atoms in total. The molecule has 1 aliphatic rings. The molecule has 1 aromatic heterocycles. The normalized spacial score (nSPS) is 14.3. The third-order valence-electron chi connectivity index (χ3n) is 5.74. The highest BCUT2D eigenvalue weighted by Crippen LogP contribution is 2.30. The smallest absolute Gasteiger partial charge is 0.257 e. The highest BCUT2D eigenvalue weighted by atomic mass is 16.1. The van der Waals surface area contributed by atoms with Crippen LogP contribution in [0.1, 0.15) is 48.2 Å². The van der Waals surface area contributed by atoms with Gasteiger partial charge in [-0.15, -0.1) is 0 Å². The Kier molecular flexibility index (Phi) is 5.12. The van der Waals surface area contributed by atoms with Crippen molar-refractivity contribution in [3.05, 3.63) is 69.5 Å². The van der Waals surface area contributed by atoms with Crippen molar-refractivity contribution in [2.24, 2.45) is 5.73 Å². The van der Waals surface area contributed by atoms with Crippen molar-refractivity contribution >= 4 is 28.2 Å². The summed E-state index contributed by atoms with van der Waals surface area (Å²) in [6, 6.07) is 13.0. The number of pyridine rings is 1. The zero-order valence-corrected chi connectivity index (χ0v) is 17.7. The second-order valence-corrected chi connectivity index (χ2v) is 8.68. The summed E-state index contributed by atoms with van der Waals surface area (Å²) in [5.74, 6) is -0.163. The summed E-state index contributed by atoms with van der Waals surface area (Å²) in [7, 11) is 0.